The Morgan fingerprint density at radius 3 is 3.00 bits per heavy atom. The first-order valence-electron chi connectivity index (χ1n) is 7.41. The Labute approximate surface area is 125 Å². The van der Waals surface area contributed by atoms with Gasteiger partial charge in [-0.2, -0.15) is 0 Å². The van der Waals surface area contributed by atoms with E-state index in [1.807, 2.05) is 11.9 Å². The third-order valence-corrected chi connectivity index (χ3v) is 3.71. The Morgan fingerprint density at radius 1 is 1.48 bits per heavy atom. The predicted molar refractivity (Wildman–Crippen MR) is 79.3 cm³/mol. The van der Waals surface area contributed by atoms with E-state index in [1.165, 1.54) is 6.07 Å². The zero-order valence-electron chi connectivity index (χ0n) is 12.5. The highest BCUT2D eigenvalue weighted by Crippen LogP contribution is 2.15. The number of hydrogen-bond acceptors (Lipinski definition) is 3. The number of carbonyl (C=O) groups is 1. The predicted octanol–water partition coefficient (Wildman–Crippen LogP) is 1.80. The molecule has 1 atom stereocenters. The van der Waals surface area contributed by atoms with Crippen molar-refractivity contribution in [2.24, 2.45) is 5.92 Å². The number of nitrogens with one attached hydrogen (secondary N) is 1. The summed E-state index contributed by atoms with van der Waals surface area (Å²) in [6.45, 7) is 3.03. The number of likely N-dealkylation sites (N-methyl/N-ethyl adjacent to an activating group) is 1. The molecule has 1 saturated heterocycles. The van der Waals surface area contributed by atoms with Gasteiger partial charge in [-0.15, -0.1) is 0 Å². The highest BCUT2D eigenvalue weighted by Gasteiger charge is 2.15. The summed E-state index contributed by atoms with van der Waals surface area (Å²) in [5.41, 5.74) is 0.607. The molecular formula is C16H23FN2O2. The molecule has 5 heteroatoms. The molecule has 0 aromatic heterocycles. The summed E-state index contributed by atoms with van der Waals surface area (Å²) in [5.74, 6) is 0.320. The number of ether oxygens (including phenoxy) is 1. The van der Waals surface area contributed by atoms with E-state index in [1.54, 1.807) is 18.2 Å². The van der Waals surface area contributed by atoms with Crippen molar-refractivity contribution < 1.29 is 13.9 Å². The number of hydrogen-bond donors (Lipinski definition) is 1. The SMILES string of the molecule is CN(CC(=O)NCC[C@@H]1CCOC1)Cc1ccccc1F. The number of nitrogens with zero attached hydrogens (tertiary/aromatic N) is 1. The summed E-state index contributed by atoms with van der Waals surface area (Å²) in [7, 11) is 1.82. The van der Waals surface area contributed by atoms with Crippen molar-refractivity contribution in [2.45, 2.75) is 19.4 Å². The molecule has 0 spiro atoms. The lowest BCUT2D eigenvalue weighted by molar-refractivity contribution is -0.122. The smallest absolute Gasteiger partial charge is 0.234 e. The van der Waals surface area contributed by atoms with Gasteiger partial charge in [-0.3, -0.25) is 9.69 Å². The van der Waals surface area contributed by atoms with E-state index in [0.717, 1.165) is 26.1 Å². The Morgan fingerprint density at radius 2 is 2.29 bits per heavy atom. The van der Waals surface area contributed by atoms with E-state index in [0.29, 0.717) is 24.6 Å². The second kappa shape index (κ2) is 8.10. The summed E-state index contributed by atoms with van der Waals surface area (Å²) >= 11 is 0. The molecule has 1 aliphatic rings. The molecule has 116 valence electrons. The van der Waals surface area contributed by atoms with Gasteiger partial charge in [-0.1, -0.05) is 18.2 Å². The van der Waals surface area contributed by atoms with Crippen LogP contribution in [-0.2, 0) is 16.1 Å². The first-order valence-corrected chi connectivity index (χ1v) is 7.41. The van der Waals surface area contributed by atoms with Crippen LogP contribution in [0.15, 0.2) is 24.3 Å². The van der Waals surface area contributed by atoms with E-state index in [4.69, 9.17) is 4.74 Å². The molecule has 0 aliphatic carbocycles. The van der Waals surface area contributed by atoms with Gasteiger partial charge in [0.1, 0.15) is 5.82 Å². The maximum absolute atomic E-state index is 13.5. The second-order valence-corrected chi connectivity index (χ2v) is 5.63. The van der Waals surface area contributed by atoms with Crippen molar-refractivity contribution in [3.8, 4) is 0 Å². The van der Waals surface area contributed by atoms with E-state index >= 15 is 0 Å². The van der Waals surface area contributed by atoms with Crippen molar-refractivity contribution in [1.82, 2.24) is 10.2 Å². The zero-order chi connectivity index (χ0) is 15.1. The van der Waals surface area contributed by atoms with Gasteiger partial charge in [-0.05, 0) is 31.9 Å². The van der Waals surface area contributed by atoms with Gasteiger partial charge in [0.05, 0.1) is 6.54 Å². The van der Waals surface area contributed by atoms with Crippen LogP contribution in [0.4, 0.5) is 4.39 Å². The average molecular weight is 294 g/mol. The van der Waals surface area contributed by atoms with Gasteiger partial charge in [0, 0.05) is 31.9 Å². The van der Waals surface area contributed by atoms with Crippen LogP contribution in [0, 0.1) is 11.7 Å². The van der Waals surface area contributed by atoms with Crippen LogP contribution in [0.2, 0.25) is 0 Å². The van der Waals surface area contributed by atoms with Gasteiger partial charge in [0.2, 0.25) is 5.91 Å². The van der Waals surface area contributed by atoms with Crippen LogP contribution >= 0.6 is 0 Å². The zero-order valence-corrected chi connectivity index (χ0v) is 12.5. The van der Waals surface area contributed by atoms with Gasteiger partial charge in [0.15, 0.2) is 0 Å². The Balaban J connectivity index is 1.66. The second-order valence-electron chi connectivity index (χ2n) is 5.63. The molecule has 1 amide bonds. The minimum Gasteiger partial charge on any atom is -0.381 e. The van der Waals surface area contributed by atoms with Crippen LogP contribution in [0.1, 0.15) is 18.4 Å². The van der Waals surface area contributed by atoms with Crippen LogP contribution in [0.3, 0.4) is 0 Å². The Hall–Kier alpha value is -1.46. The maximum atomic E-state index is 13.5. The van der Waals surface area contributed by atoms with Crippen LogP contribution < -0.4 is 5.32 Å². The fourth-order valence-corrected chi connectivity index (χ4v) is 2.50. The van der Waals surface area contributed by atoms with Gasteiger partial charge >= 0.3 is 0 Å². The normalized spacial score (nSPS) is 18.1. The first kappa shape index (κ1) is 15.9. The topological polar surface area (TPSA) is 41.6 Å². The molecule has 4 nitrogen and oxygen atoms in total. The lowest BCUT2D eigenvalue weighted by Gasteiger charge is -2.17. The minimum atomic E-state index is -0.231. The largest absolute Gasteiger partial charge is 0.381 e. The quantitative estimate of drug-likeness (QED) is 0.834. The van der Waals surface area contributed by atoms with E-state index in [2.05, 4.69) is 5.32 Å². The molecule has 0 bridgehead atoms. The van der Waals surface area contributed by atoms with Crippen molar-refractivity contribution in [3.63, 3.8) is 0 Å². The summed E-state index contributed by atoms with van der Waals surface area (Å²) in [5, 5.41) is 2.91. The highest BCUT2D eigenvalue weighted by atomic mass is 19.1. The standard InChI is InChI=1S/C16H23FN2O2/c1-19(10-14-4-2-3-5-15(14)17)11-16(20)18-8-6-13-7-9-21-12-13/h2-5,13H,6-12H2,1H3,(H,18,20)/t13-/m1/s1. The van der Waals surface area contributed by atoms with Crippen molar-refractivity contribution in [1.29, 1.82) is 0 Å². The fourth-order valence-electron chi connectivity index (χ4n) is 2.50. The lowest BCUT2D eigenvalue weighted by Crippen LogP contribution is -2.36. The van der Waals surface area contributed by atoms with Crippen molar-refractivity contribution in [3.05, 3.63) is 35.6 Å². The number of amides is 1. The molecule has 1 fully saturated rings. The van der Waals surface area contributed by atoms with Gasteiger partial charge in [-0.25, -0.2) is 4.39 Å². The Bertz CT molecular complexity index is 461. The van der Waals surface area contributed by atoms with Crippen LogP contribution in [0.5, 0.6) is 0 Å². The lowest BCUT2D eigenvalue weighted by atomic mass is 10.1. The third-order valence-electron chi connectivity index (χ3n) is 3.71. The molecular weight excluding hydrogens is 271 g/mol. The molecule has 1 aromatic carbocycles. The summed E-state index contributed by atoms with van der Waals surface area (Å²) in [4.78, 5) is 13.6. The molecule has 1 N–H and O–H groups in total. The molecule has 2 rings (SSSR count). The number of rotatable bonds is 7. The van der Waals surface area contributed by atoms with Crippen LogP contribution in [-0.4, -0.2) is 44.2 Å². The third kappa shape index (κ3) is 5.44. The molecule has 0 unspecified atom stereocenters. The molecule has 1 heterocycles. The molecule has 1 aliphatic heterocycles. The maximum Gasteiger partial charge on any atom is 0.234 e. The van der Waals surface area contributed by atoms with Crippen molar-refractivity contribution >= 4 is 5.91 Å². The molecule has 21 heavy (non-hydrogen) atoms. The minimum absolute atomic E-state index is 0.0206. The molecule has 1 aromatic rings. The Kier molecular flexibility index (Phi) is 6.14. The van der Waals surface area contributed by atoms with E-state index in [-0.39, 0.29) is 18.3 Å². The van der Waals surface area contributed by atoms with Crippen molar-refractivity contribution in [2.75, 3.05) is 33.4 Å². The van der Waals surface area contributed by atoms with Crippen LogP contribution in [0.25, 0.3) is 0 Å². The number of halogens is 1. The summed E-state index contributed by atoms with van der Waals surface area (Å²) in [6, 6.07) is 6.64. The van der Waals surface area contributed by atoms with Gasteiger partial charge in [0.25, 0.3) is 0 Å². The van der Waals surface area contributed by atoms with E-state index < -0.39 is 0 Å². The summed E-state index contributed by atoms with van der Waals surface area (Å²) < 4.78 is 18.8. The first-order chi connectivity index (χ1) is 10.1. The highest BCUT2D eigenvalue weighted by molar-refractivity contribution is 5.77. The molecule has 0 radical (unpaired) electrons. The average Bonchev–Trinajstić information content (AvgIpc) is 2.94. The summed E-state index contributed by atoms with van der Waals surface area (Å²) in [6.07, 6.45) is 2.05. The number of benzene rings is 1. The monoisotopic (exact) mass is 294 g/mol. The molecule has 0 saturated carbocycles. The van der Waals surface area contributed by atoms with E-state index in [9.17, 15) is 9.18 Å². The fraction of sp³-hybridized carbons (Fsp3) is 0.562. The number of carbonyl (C=O) groups excluding carboxylic acids is 1. The van der Waals surface area contributed by atoms with Gasteiger partial charge < -0.3 is 10.1 Å².